The number of hydrogen-bond acceptors (Lipinski definition) is 5. The SMILES string of the molecule is COc1ccc(SCC(=O)Nc2ccc(S(=O)(=O)Nc3cccc(C)c3)cc2)cc1. The van der Waals surface area contributed by atoms with Crippen LogP contribution < -0.4 is 14.8 Å². The largest absolute Gasteiger partial charge is 0.497 e. The summed E-state index contributed by atoms with van der Waals surface area (Å²) in [5.41, 5.74) is 1.99. The van der Waals surface area contributed by atoms with Gasteiger partial charge in [-0.05, 0) is 73.2 Å². The molecule has 30 heavy (non-hydrogen) atoms. The lowest BCUT2D eigenvalue weighted by molar-refractivity contribution is -0.113. The summed E-state index contributed by atoms with van der Waals surface area (Å²) >= 11 is 1.40. The Bertz CT molecular complexity index is 1110. The zero-order valence-electron chi connectivity index (χ0n) is 16.6. The van der Waals surface area contributed by atoms with Crippen LogP contribution in [0.15, 0.2) is 82.6 Å². The molecule has 0 atom stereocenters. The molecule has 0 radical (unpaired) electrons. The highest BCUT2D eigenvalue weighted by molar-refractivity contribution is 8.00. The summed E-state index contributed by atoms with van der Waals surface area (Å²) in [7, 11) is -2.10. The van der Waals surface area contributed by atoms with Crippen LogP contribution in [0.25, 0.3) is 0 Å². The van der Waals surface area contributed by atoms with E-state index in [4.69, 9.17) is 4.74 Å². The van der Waals surface area contributed by atoms with Gasteiger partial charge in [0.2, 0.25) is 5.91 Å². The van der Waals surface area contributed by atoms with Gasteiger partial charge in [0.15, 0.2) is 0 Å². The van der Waals surface area contributed by atoms with Gasteiger partial charge in [0.1, 0.15) is 5.75 Å². The number of ether oxygens (including phenoxy) is 1. The minimum Gasteiger partial charge on any atom is -0.497 e. The first kappa shape index (κ1) is 21.7. The van der Waals surface area contributed by atoms with Crippen molar-refractivity contribution in [3.8, 4) is 5.75 Å². The van der Waals surface area contributed by atoms with Crippen LogP contribution >= 0.6 is 11.8 Å². The molecule has 0 aliphatic carbocycles. The summed E-state index contributed by atoms with van der Waals surface area (Å²) in [6, 6.07) is 20.6. The molecule has 0 heterocycles. The summed E-state index contributed by atoms with van der Waals surface area (Å²) in [5.74, 6) is 0.821. The van der Waals surface area contributed by atoms with Gasteiger partial charge in [-0.1, -0.05) is 12.1 Å². The van der Waals surface area contributed by atoms with Gasteiger partial charge >= 0.3 is 0 Å². The second-order valence-electron chi connectivity index (χ2n) is 6.51. The first-order valence-electron chi connectivity index (χ1n) is 9.12. The van der Waals surface area contributed by atoms with Crippen molar-refractivity contribution < 1.29 is 17.9 Å². The summed E-state index contributed by atoms with van der Waals surface area (Å²) in [6.07, 6.45) is 0. The minimum atomic E-state index is -3.70. The second-order valence-corrected chi connectivity index (χ2v) is 9.24. The standard InChI is InChI=1S/C22H22N2O4S2/c1-16-4-3-5-18(14-16)24-30(26,27)21-12-6-17(7-13-21)23-22(25)15-29-20-10-8-19(28-2)9-11-20/h3-14,24H,15H2,1-2H3,(H,23,25). The predicted octanol–water partition coefficient (Wildman–Crippen LogP) is 4.54. The van der Waals surface area contributed by atoms with Crippen molar-refractivity contribution in [1.29, 1.82) is 0 Å². The molecule has 0 aromatic heterocycles. The van der Waals surface area contributed by atoms with Crippen molar-refractivity contribution in [3.63, 3.8) is 0 Å². The van der Waals surface area contributed by atoms with Gasteiger partial charge in [-0.15, -0.1) is 11.8 Å². The Morgan fingerprint density at radius 3 is 2.30 bits per heavy atom. The van der Waals surface area contributed by atoms with Crippen molar-refractivity contribution in [2.45, 2.75) is 16.7 Å². The molecule has 0 bridgehead atoms. The summed E-state index contributed by atoms with van der Waals surface area (Å²) in [5, 5.41) is 2.77. The topological polar surface area (TPSA) is 84.5 Å². The number of aryl methyl sites for hydroxylation is 1. The molecule has 6 nitrogen and oxygen atoms in total. The van der Waals surface area contributed by atoms with Crippen LogP contribution in [0.5, 0.6) is 5.75 Å². The van der Waals surface area contributed by atoms with Crippen LogP contribution in [-0.2, 0) is 14.8 Å². The number of methoxy groups -OCH3 is 1. The van der Waals surface area contributed by atoms with E-state index < -0.39 is 10.0 Å². The number of thioether (sulfide) groups is 1. The van der Waals surface area contributed by atoms with Gasteiger partial charge in [-0.2, -0.15) is 0 Å². The van der Waals surface area contributed by atoms with Crippen LogP contribution in [0.3, 0.4) is 0 Å². The third kappa shape index (κ3) is 6.01. The first-order chi connectivity index (χ1) is 14.4. The Morgan fingerprint density at radius 2 is 1.67 bits per heavy atom. The number of amides is 1. The number of nitrogens with one attached hydrogen (secondary N) is 2. The number of benzene rings is 3. The Kier molecular flexibility index (Phi) is 7.02. The summed E-state index contributed by atoms with van der Waals surface area (Å²) in [4.78, 5) is 13.2. The third-order valence-electron chi connectivity index (χ3n) is 4.15. The third-order valence-corrected chi connectivity index (χ3v) is 6.56. The van der Waals surface area contributed by atoms with Gasteiger partial charge in [0.25, 0.3) is 10.0 Å². The number of hydrogen-bond donors (Lipinski definition) is 2. The number of carbonyl (C=O) groups excluding carboxylic acids is 1. The highest BCUT2D eigenvalue weighted by Gasteiger charge is 2.14. The lowest BCUT2D eigenvalue weighted by atomic mass is 10.2. The fourth-order valence-electron chi connectivity index (χ4n) is 2.66. The fraction of sp³-hybridized carbons (Fsp3) is 0.136. The van der Waals surface area contributed by atoms with E-state index in [1.54, 1.807) is 37.4 Å². The van der Waals surface area contributed by atoms with Crippen LogP contribution in [-0.4, -0.2) is 27.2 Å². The van der Waals surface area contributed by atoms with Crippen LogP contribution in [0.4, 0.5) is 11.4 Å². The Hall–Kier alpha value is -2.97. The lowest BCUT2D eigenvalue weighted by Gasteiger charge is -2.10. The number of rotatable bonds is 8. The van der Waals surface area contributed by atoms with Crippen molar-refractivity contribution in [3.05, 3.63) is 78.4 Å². The first-order valence-corrected chi connectivity index (χ1v) is 11.6. The number of carbonyl (C=O) groups is 1. The Morgan fingerprint density at radius 1 is 0.967 bits per heavy atom. The van der Waals surface area contributed by atoms with Gasteiger partial charge < -0.3 is 10.1 Å². The van der Waals surface area contributed by atoms with Gasteiger partial charge in [-0.3, -0.25) is 9.52 Å². The quantitative estimate of drug-likeness (QED) is 0.501. The number of anilines is 2. The highest BCUT2D eigenvalue weighted by Crippen LogP contribution is 2.22. The van der Waals surface area contributed by atoms with Crippen LogP contribution in [0.1, 0.15) is 5.56 Å². The zero-order chi connectivity index (χ0) is 21.6. The molecule has 8 heteroatoms. The molecule has 0 fully saturated rings. The molecule has 1 amide bonds. The molecule has 3 aromatic rings. The molecule has 0 aliphatic heterocycles. The Labute approximate surface area is 180 Å². The van der Waals surface area contributed by atoms with E-state index in [0.29, 0.717) is 11.4 Å². The van der Waals surface area contributed by atoms with Crippen LogP contribution in [0.2, 0.25) is 0 Å². The van der Waals surface area contributed by atoms with Crippen molar-refractivity contribution in [2.24, 2.45) is 0 Å². The van der Waals surface area contributed by atoms with E-state index in [-0.39, 0.29) is 16.6 Å². The van der Waals surface area contributed by atoms with E-state index in [1.807, 2.05) is 37.3 Å². The number of sulfonamides is 1. The maximum absolute atomic E-state index is 12.5. The summed E-state index contributed by atoms with van der Waals surface area (Å²) < 4.78 is 32.7. The molecule has 0 aliphatic rings. The fourth-order valence-corrected chi connectivity index (χ4v) is 4.41. The Balaban J connectivity index is 1.57. The molecule has 3 aromatic carbocycles. The average Bonchev–Trinajstić information content (AvgIpc) is 2.73. The molecule has 2 N–H and O–H groups in total. The molecule has 3 rings (SSSR count). The van der Waals surface area contributed by atoms with Gasteiger partial charge in [0, 0.05) is 16.3 Å². The van der Waals surface area contributed by atoms with E-state index in [1.165, 1.54) is 23.9 Å². The minimum absolute atomic E-state index is 0.120. The highest BCUT2D eigenvalue weighted by atomic mass is 32.2. The average molecular weight is 443 g/mol. The maximum atomic E-state index is 12.5. The molecule has 0 saturated carbocycles. The van der Waals surface area contributed by atoms with Crippen molar-refractivity contribution in [2.75, 3.05) is 22.9 Å². The predicted molar refractivity (Wildman–Crippen MR) is 121 cm³/mol. The van der Waals surface area contributed by atoms with E-state index in [9.17, 15) is 13.2 Å². The molecular weight excluding hydrogens is 420 g/mol. The molecular formula is C22H22N2O4S2. The molecule has 0 spiro atoms. The van der Waals surface area contributed by atoms with Crippen LogP contribution in [0, 0.1) is 6.92 Å². The van der Waals surface area contributed by atoms with Crippen molar-refractivity contribution in [1.82, 2.24) is 0 Å². The zero-order valence-corrected chi connectivity index (χ0v) is 18.2. The normalized spacial score (nSPS) is 11.0. The van der Waals surface area contributed by atoms with Crippen molar-refractivity contribution >= 4 is 39.1 Å². The van der Waals surface area contributed by atoms with E-state index >= 15 is 0 Å². The summed E-state index contributed by atoms with van der Waals surface area (Å²) in [6.45, 7) is 1.89. The monoisotopic (exact) mass is 442 g/mol. The van der Waals surface area contributed by atoms with E-state index in [0.717, 1.165) is 16.2 Å². The smallest absolute Gasteiger partial charge is 0.261 e. The van der Waals surface area contributed by atoms with E-state index in [2.05, 4.69) is 10.0 Å². The molecule has 0 saturated heterocycles. The van der Waals surface area contributed by atoms with Gasteiger partial charge in [-0.25, -0.2) is 8.42 Å². The molecule has 156 valence electrons. The van der Waals surface area contributed by atoms with Gasteiger partial charge in [0.05, 0.1) is 17.8 Å². The lowest BCUT2D eigenvalue weighted by Crippen LogP contribution is -2.15. The molecule has 0 unspecified atom stereocenters. The second kappa shape index (κ2) is 9.69. The maximum Gasteiger partial charge on any atom is 0.261 e.